The largest absolute Gasteiger partial charge is 0.420 e. The maximum Gasteiger partial charge on any atom is 0.420 e. The number of para-hydroxylation sites is 2. The topological polar surface area (TPSA) is 97.0 Å². The third kappa shape index (κ3) is 2.87. The number of aryl methyl sites for hydroxylation is 1. The number of oxazole rings is 1. The lowest BCUT2D eigenvalue weighted by Gasteiger charge is -2.16. The zero-order chi connectivity index (χ0) is 19.1. The maximum absolute atomic E-state index is 12.7. The van der Waals surface area contributed by atoms with E-state index in [1.807, 2.05) is 35.2 Å². The molecule has 1 fully saturated rings. The van der Waals surface area contributed by atoms with Gasteiger partial charge in [-0.2, -0.15) is 0 Å². The number of rotatable bonds is 4. The standard InChI is InChI=1S/C20H19N5O3/c26-18(8-7-17-22-14-4-3-10-21-19(14)23-17)24-11-9-13(12-24)25-15-5-1-2-6-16(15)28-20(25)27/h1-6,10,13H,7-9,11-12H2,(H,21,22,23). The van der Waals surface area contributed by atoms with Gasteiger partial charge in [-0.1, -0.05) is 12.1 Å². The summed E-state index contributed by atoms with van der Waals surface area (Å²) in [5.74, 6) is 0.460. The van der Waals surface area contributed by atoms with Crippen LogP contribution in [0.25, 0.3) is 22.3 Å². The van der Waals surface area contributed by atoms with E-state index in [0.717, 1.165) is 23.3 Å². The second-order valence-corrected chi connectivity index (χ2v) is 7.05. The number of amides is 1. The average molecular weight is 377 g/mol. The highest BCUT2D eigenvalue weighted by Crippen LogP contribution is 2.25. The number of hydrogen-bond donors (Lipinski definition) is 1. The van der Waals surface area contributed by atoms with Crippen molar-refractivity contribution in [2.24, 2.45) is 0 Å². The van der Waals surface area contributed by atoms with Crippen molar-refractivity contribution in [2.75, 3.05) is 13.1 Å². The molecule has 142 valence electrons. The quantitative estimate of drug-likeness (QED) is 0.588. The summed E-state index contributed by atoms with van der Waals surface area (Å²) in [4.78, 5) is 38.6. The minimum absolute atomic E-state index is 0.0597. The Bertz CT molecular complexity index is 1190. The highest BCUT2D eigenvalue weighted by molar-refractivity contribution is 5.77. The van der Waals surface area contributed by atoms with Gasteiger partial charge in [0.25, 0.3) is 0 Å². The Morgan fingerprint density at radius 1 is 1.25 bits per heavy atom. The zero-order valence-electron chi connectivity index (χ0n) is 15.2. The van der Waals surface area contributed by atoms with Crippen LogP contribution in [0.15, 0.2) is 51.8 Å². The van der Waals surface area contributed by atoms with Crippen LogP contribution in [0.3, 0.4) is 0 Å². The van der Waals surface area contributed by atoms with Crippen molar-refractivity contribution >= 4 is 28.2 Å². The summed E-state index contributed by atoms with van der Waals surface area (Å²) < 4.78 is 7.00. The van der Waals surface area contributed by atoms with Gasteiger partial charge in [0.2, 0.25) is 5.91 Å². The molecule has 0 bridgehead atoms. The molecule has 4 heterocycles. The first kappa shape index (κ1) is 16.7. The number of hydrogen-bond acceptors (Lipinski definition) is 5. The van der Waals surface area contributed by atoms with Gasteiger partial charge in [-0.05, 0) is 30.7 Å². The Hall–Kier alpha value is -3.42. The number of H-pyrrole nitrogens is 1. The van der Waals surface area contributed by atoms with Gasteiger partial charge >= 0.3 is 5.76 Å². The number of imidazole rings is 1. The van der Waals surface area contributed by atoms with E-state index >= 15 is 0 Å². The summed E-state index contributed by atoms with van der Waals surface area (Å²) in [6, 6.07) is 11.1. The van der Waals surface area contributed by atoms with E-state index in [1.165, 1.54) is 0 Å². The number of aromatic nitrogens is 4. The molecular formula is C20H19N5O3. The van der Waals surface area contributed by atoms with E-state index in [0.29, 0.717) is 37.2 Å². The molecule has 3 aromatic heterocycles. The second-order valence-electron chi connectivity index (χ2n) is 7.05. The van der Waals surface area contributed by atoms with Gasteiger partial charge in [-0.15, -0.1) is 0 Å². The smallest absolute Gasteiger partial charge is 0.408 e. The minimum atomic E-state index is -0.365. The Kier molecular flexibility index (Phi) is 3.96. The fraction of sp³-hybridized carbons (Fsp3) is 0.300. The summed E-state index contributed by atoms with van der Waals surface area (Å²) in [5.41, 5.74) is 2.90. The van der Waals surface area contributed by atoms with Crippen molar-refractivity contribution in [1.29, 1.82) is 0 Å². The first-order valence-corrected chi connectivity index (χ1v) is 9.36. The number of aromatic amines is 1. The molecule has 1 atom stereocenters. The van der Waals surface area contributed by atoms with E-state index in [2.05, 4.69) is 15.0 Å². The third-order valence-electron chi connectivity index (χ3n) is 5.28. The molecule has 1 aromatic carbocycles. The molecule has 8 nitrogen and oxygen atoms in total. The number of carbonyl (C=O) groups excluding carboxylic acids is 1. The minimum Gasteiger partial charge on any atom is -0.408 e. The lowest BCUT2D eigenvalue weighted by Crippen LogP contribution is -2.30. The van der Waals surface area contributed by atoms with E-state index in [-0.39, 0.29) is 17.7 Å². The first-order valence-electron chi connectivity index (χ1n) is 9.36. The summed E-state index contributed by atoms with van der Waals surface area (Å²) in [6.45, 7) is 1.15. The van der Waals surface area contributed by atoms with Crippen molar-refractivity contribution in [3.8, 4) is 0 Å². The van der Waals surface area contributed by atoms with Crippen LogP contribution in [0.5, 0.6) is 0 Å². The summed E-state index contributed by atoms with van der Waals surface area (Å²) in [6.07, 6.45) is 3.34. The van der Waals surface area contributed by atoms with Gasteiger partial charge in [0, 0.05) is 32.1 Å². The summed E-state index contributed by atoms with van der Waals surface area (Å²) in [5, 5.41) is 0. The summed E-state index contributed by atoms with van der Waals surface area (Å²) >= 11 is 0. The molecule has 0 radical (unpaired) electrons. The number of pyridine rings is 1. The van der Waals surface area contributed by atoms with Gasteiger partial charge in [0.15, 0.2) is 11.2 Å². The van der Waals surface area contributed by atoms with Crippen LogP contribution in [0.2, 0.25) is 0 Å². The maximum atomic E-state index is 12.7. The number of carbonyl (C=O) groups is 1. The average Bonchev–Trinajstić information content (AvgIpc) is 3.41. The fourth-order valence-electron chi connectivity index (χ4n) is 3.91. The highest BCUT2D eigenvalue weighted by Gasteiger charge is 2.30. The third-order valence-corrected chi connectivity index (χ3v) is 5.28. The Balaban J connectivity index is 1.27. The monoisotopic (exact) mass is 377 g/mol. The van der Waals surface area contributed by atoms with Crippen molar-refractivity contribution in [3.05, 3.63) is 59.0 Å². The molecule has 0 aliphatic carbocycles. The first-order chi connectivity index (χ1) is 13.7. The molecule has 1 aliphatic rings. The van der Waals surface area contributed by atoms with Crippen molar-refractivity contribution in [1.82, 2.24) is 24.4 Å². The molecular weight excluding hydrogens is 358 g/mol. The van der Waals surface area contributed by atoms with Crippen LogP contribution in [0.1, 0.15) is 24.7 Å². The molecule has 1 unspecified atom stereocenters. The predicted molar refractivity (Wildman–Crippen MR) is 103 cm³/mol. The fourth-order valence-corrected chi connectivity index (χ4v) is 3.91. The lowest BCUT2D eigenvalue weighted by atomic mass is 10.2. The molecule has 0 spiro atoms. The second kappa shape index (κ2) is 6.63. The predicted octanol–water partition coefficient (Wildman–Crippen LogP) is 2.27. The van der Waals surface area contributed by atoms with Crippen LogP contribution < -0.4 is 5.76 Å². The van der Waals surface area contributed by atoms with Crippen LogP contribution in [-0.2, 0) is 11.2 Å². The van der Waals surface area contributed by atoms with E-state index in [9.17, 15) is 9.59 Å². The van der Waals surface area contributed by atoms with Crippen molar-refractivity contribution in [3.63, 3.8) is 0 Å². The number of likely N-dealkylation sites (tertiary alicyclic amines) is 1. The van der Waals surface area contributed by atoms with E-state index in [1.54, 1.807) is 16.8 Å². The summed E-state index contributed by atoms with van der Waals surface area (Å²) in [7, 11) is 0. The number of fused-ring (bicyclic) bond motifs is 2. The molecule has 5 rings (SSSR count). The number of nitrogens with zero attached hydrogens (tertiary/aromatic N) is 4. The molecule has 1 saturated heterocycles. The SMILES string of the molecule is O=C(CCc1nc2ncccc2[nH]1)N1CCC(n2c(=O)oc3ccccc32)C1. The Morgan fingerprint density at radius 3 is 3.04 bits per heavy atom. The van der Waals surface area contributed by atoms with Gasteiger partial charge in [0.1, 0.15) is 5.82 Å². The van der Waals surface area contributed by atoms with Crippen LogP contribution in [0.4, 0.5) is 0 Å². The molecule has 4 aromatic rings. The normalized spacial score (nSPS) is 17.0. The van der Waals surface area contributed by atoms with Gasteiger partial charge in [0.05, 0.1) is 17.1 Å². The molecule has 1 N–H and O–H groups in total. The van der Waals surface area contributed by atoms with Gasteiger partial charge in [-0.25, -0.2) is 14.8 Å². The Morgan fingerprint density at radius 2 is 2.14 bits per heavy atom. The number of benzene rings is 1. The van der Waals surface area contributed by atoms with Crippen LogP contribution >= 0.6 is 0 Å². The molecule has 28 heavy (non-hydrogen) atoms. The molecule has 8 heteroatoms. The zero-order valence-corrected chi connectivity index (χ0v) is 15.2. The molecule has 1 aliphatic heterocycles. The van der Waals surface area contributed by atoms with Gasteiger partial charge < -0.3 is 14.3 Å². The Labute approximate surface area is 159 Å². The highest BCUT2D eigenvalue weighted by atomic mass is 16.4. The van der Waals surface area contributed by atoms with Gasteiger partial charge in [-0.3, -0.25) is 9.36 Å². The number of nitrogens with one attached hydrogen (secondary N) is 1. The van der Waals surface area contributed by atoms with E-state index < -0.39 is 0 Å². The van der Waals surface area contributed by atoms with E-state index in [4.69, 9.17) is 4.42 Å². The van der Waals surface area contributed by atoms with Crippen LogP contribution in [-0.4, -0.2) is 43.4 Å². The van der Waals surface area contributed by atoms with Crippen molar-refractivity contribution < 1.29 is 9.21 Å². The van der Waals surface area contributed by atoms with Crippen molar-refractivity contribution in [2.45, 2.75) is 25.3 Å². The molecule has 0 saturated carbocycles. The lowest BCUT2D eigenvalue weighted by molar-refractivity contribution is -0.130. The molecule has 1 amide bonds. The van der Waals surface area contributed by atoms with Crippen LogP contribution in [0, 0.1) is 0 Å².